The summed E-state index contributed by atoms with van der Waals surface area (Å²) in [6.45, 7) is 1.99. The molecule has 3 aromatic rings. The van der Waals surface area contributed by atoms with E-state index in [0.29, 0.717) is 18.4 Å². The molecule has 0 bridgehead atoms. The van der Waals surface area contributed by atoms with Crippen molar-refractivity contribution in [1.82, 2.24) is 0 Å². The monoisotopic (exact) mass is 336 g/mol. The fourth-order valence-electron chi connectivity index (χ4n) is 3.51. The summed E-state index contributed by atoms with van der Waals surface area (Å²) >= 11 is 0. The molecule has 0 aliphatic carbocycles. The largest absolute Gasteiger partial charge is 0.274 e. The minimum atomic E-state index is -1.56. The van der Waals surface area contributed by atoms with E-state index in [2.05, 4.69) is 24.3 Å². The average Bonchev–Trinajstić information content (AvgIpc) is 2.65. The van der Waals surface area contributed by atoms with Crippen molar-refractivity contribution in [2.45, 2.75) is 26.2 Å². The molecule has 0 N–H and O–H groups in total. The lowest BCUT2D eigenvalue weighted by Gasteiger charge is -2.19. The Labute approximate surface area is 147 Å². The molecule has 0 nitrogen and oxygen atoms in total. The van der Waals surface area contributed by atoms with Crippen LogP contribution in [0, 0.1) is 5.92 Å². The summed E-state index contributed by atoms with van der Waals surface area (Å²) in [5, 5.41) is 2.41. The van der Waals surface area contributed by atoms with Crippen LogP contribution in [0.25, 0.3) is 16.3 Å². The van der Waals surface area contributed by atoms with E-state index in [4.69, 9.17) is 0 Å². The van der Waals surface area contributed by atoms with Crippen molar-refractivity contribution >= 4 is 16.3 Å². The highest BCUT2D eigenvalue weighted by atomic mass is 19.3. The van der Waals surface area contributed by atoms with E-state index < -0.39 is 6.08 Å². The molecule has 0 aromatic heterocycles. The summed E-state index contributed by atoms with van der Waals surface area (Å²) in [5.74, 6) is -0.147. The molecule has 1 atom stereocenters. The zero-order valence-corrected chi connectivity index (χ0v) is 14.4. The first-order chi connectivity index (χ1) is 12.2. The second-order valence-electron chi connectivity index (χ2n) is 6.32. The van der Waals surface area contributed by atoms with E-state index in [-0.39, 0.29) is 11.5 Å². The molecule has 0 aliphatic heterocycles. The Morgan fingerprint density at radius 2 is 1.52 bits per heavy atom. The lowest BCUT2D eigenvalue weighted by molar-refractivity contribution is 0.412. The van der Waals surface area contributed by atoms with E-state index in [1.807, 2.05) is 43.3 Å². The predicted octanol–water partition coefficient (Wildman–Crippen LogP) is 7.11. The summed E-state index contributed by atoms with van der Waals surface area (Å²) in [5.41, 5.74) is 2.05. The Balaban J connectivity index is 1.86. The van der Waals surface area contributed by atoms with Crippen molar-refractivity contribution < 1.29 is 8.78 Å². The third-order valence-corrected chi connectivity index (χ3v) is 4.83. The minimum absolute atomic E-state index is 0.147. The van der Waals surface area contributed by atoms with E-state index in [0.717, 1.165) is 6.42 Å². The van der Waals surface area contributed by atoms with Crippen molar-refractivity contribution in [3.63, 3.8) is 0 Å². The first-order valence-corrected chi connectivity index (χ1v) is 8.78. The molecule has 0 saturated heterocycles. The molecule has 1 unspecified atom stereocenters. The quantitative estimate of drug-likeness (QED) is 0.450. The highest BCUT2D eigenvalue weighted by Crippen LogP contribution is 2.34. The first-order valence-electron chi connectivity index (χ1n) is 8.78. The van der Waals surface area contributed by atoms with Crippen LogP contribution in [-0.2, 0) is 6.42 Å². The molecule has 0 heterocycles. The molecular formula is C23H22F2. The van der Waals surface area contributed by atoms with Gasteiger partial charge in [-0.05, 0) is 47.1 Å². The van der Waals surface area contributed by atoms with Gasteiger partial charge in [0, 0.05) is 5.57 Å². The number of aryl methyl sites for hydroxylation is 1. The van der Waals surface area contributed by atoms with Gasteiger partial charge >= 0.3 is 0 Å². The van der Waals surface area contributed by atoms with E-state index in [1.165, 1.54) is 16.3 Å². The molecule has 0 amide bonds. The van der Waals surface area contributed by atoms with Crippen molar-refractivity contribution in [3.05, 3.63) is 90.0 Å². The highest BCUT2D eigenvalue weighted by Gasteiger charge is 2.20. The molecule has 3 aromatic carbocycles. The smallest absolute Gasteiger partial charge is 0.173 e. The number of fused-ring (bicyclic) bond motifs is 1. The fourth-order valence-corrected chi connectivity index (χ4v) is 3.51. The van der Waals surface area contributed by atoms with Gasteiger partial charge in [-0.2, -0.15) is 8.78 Å². The summed E-state index contributed by atoms with van der Waals surface area (Å²) < 4.78 is 27.4. The molecule has 0 fully saturated rings. The van der Waals surface area contributed by atoms with Gasteiger partial charge in [0.15, 0.2) is 0 Å². The van der Waals surface area contributed by atoms with Crippen LogP contribution in [0.3, 0.4) is 0 Å². The van der Waals surface area contributed by atoms with E-state index >= 15 is 0 Å². The molecule has 0 radical (unpaired) electrons. The number of benzene rings is 3. The second kappa shape index (κ2) is 8.06. The van der Waals surface area contributed by atoms with Crippen molar-refractivity contribution in [3.8, 4) is 0 Å². The molecule has 25 heavy (non-hydrogen) atoms. The molecule has 2 heteroatoms. The zero-order chi connectivity index (χ0) is 17.6. The molecular weight excluding hydrogens is 314 g/mol. The molecule has 128 valence electrons. The summed E-state index contributed by atoms with van der Waals surface area (Å²) in [7, 11) is 0. The van der Waals surface area contributed by atoms with Crippen molar-refractivity contribution in [2.75, 3.05) is 0 Å². The van der Waals surface area contributed by atoms with Gasteiger partial charge < -0.3 is 0 Å². The Morgan fingerprint density at radius 1 is 0.840 bits per heavy atom. The van der Waals surface area contributed by atoms with Gasteiger partial charge in [-0.25, -0.2) is 0 Å². The Kier molecular flexibility index (Phi) is 5.60. The van der Waals surface area contributed by atoms with Crippen LogP contribution in [-0.4, -0.2) is 0 Å². The number of hydrogen-bond acceptors (Lipinski definition) is 0. The summed E-state index contributed by atoms with van der Waals surface area (Å²) in [6.07, 6.45) is 0.651. The summed E-state index contributed by atoms with van der Waals surface area (Å²) in [6, 6.07) is 23.5. The van der Waals surface area contributed by atoms with Crippen LogP contribution in [0.4, 0.5) is 8.78 Å². The lowest BCUT2D eigenvalue weighted by atomic mass is 9.86. The Bertz CT molecular complexity index is 856. The van der Waals surface area contributed by atoms with Gasteiger partial charge in [0.1, 0.15) is 0 Å². The topological polar surface area (TPSA) is 0 Å². The maximum absolute atomic E-state index is 13.7. The molecule has 0 spiro atoms. The van der Waals surface area contributed by atoms with Gasteiger partial charge in [-0.1, -0.05) is 79.7 Å². The van der Waals surface area contributed by atoms with Crippen LogP contribution in [0.2, 0.25) is 0 Å². The van der Waals surface area contributed by atoms with Crippen LogP contribution in [0.15, 0.2) is 78.9 Å². The number of hydrogen-bond donors (Lipinski definition) is 0. The standard InChI is InChI=1S/C23H22F2/c1-2-17(22(23(24)25)20-10-4-3-5-11-20)15-16-19-13-8-12-18-9-6-7-14-21(18)19/h3-14,17H,2,15-16H2,1H3. The van der Waals surface area contributed by atoms with Gasteiger partial charge in [-0.15, -0.1) is 0 Å². The van der Waals surface area contributed by atoms with Gasteiger partial charge in [0.25, 0.3) is 6.08 Å². The molecule has 0 aliphatic rings. The number of halogens is 2. The van der Waals surface area contributed by atoms with Crippen LogP contribution >= 0.6 is 0 Å². The second-order valence-corrected chi connectivity index (χ2v) is 6.32. The first kappa shape index (κ1) is 17.3. The number of allylic oxidation sites excluding steroid dienone is 1. The molecule has 3 rings (SSSR count). The van der Waals surface area contributed by atoms with Crippen LogP contribution < -0.4 is 0 Å². The Morgan fingerprint density at radius 3 is 2.24 bits per heavy atom. The average molecular weight is 336 g/mol. The SMILES string of the molecule is CCC(CCc1cccc2ccccc12)C(=C(F)F)c1ccccc1. The highest BCUT2D eigenvalue weighted by molar-refractivity contribution is 5.85. The third-order valence-electron chi connectivity index (χ3n) is 4.83. The normalized spacial score (nSPS) is 12.1. The van der Waals surface area contributed by atoms with Crippen LogP contribution in [0.1, 0.15) is 30.9 Å². The van der Waals surface area contributed by atoms with Gasteiger partial charge in [0.05, 0.1) is 0 Å². The van der Waals surface area contributed by atoms with Gasteiger partial charge in [0.2, 0.25) is 0 Å². The fraction of sp³-hybridized carbons (Fsp3) is 0.217. The van der Waals surface area contributed by atoms with Crippen LogP contribution in [0.5, 0.6) is 0 Å². The predicted molar refractivity (Wildman–Crippen MR) is 102 cm³/mol. The molecule has 0 saturated carbocycles. The van der Waals surface area contributed by atoms with E-state index in [1.54, 1.807) is 12.1 Å². The minimum Gasteiger partial charge on any atom is -0.173 e. The number of rotatable bonds is 6. The maximum atomic E-state index is 13.7. The third kappa shape index (κ3) is 3.96. The lowest BCUT2D eigenvalue weighted by Crippen LogP contribution is -2.06. The van der Waals surface area contributed by atoms with Crippen molar-refractivity contribution in [1.29, 1.82) is 0 Å². The zero-order valence-electron chi connectivity index (χ0n) is 14.4. The van der Waals surface area contributed by atoms with Crippen molar-refractivity contribution in [2.24, 2.45) is 5.92 Å². The van der Waals surface area contributed by atoms with Gasteiger partial charge in [-0.3, -0.25) is 0 Å². The maximum Gasteiger partial charge on any atom is 0.274 e. The van der Waals surface area contributed by atoms with E-state index in [9.17, 15) is 8.78 Å². The Hall–Kier alpha value is -2.48. The summed E-state index contributed by atoms with van der Waals surface area (Å²) in [4.78, 5) is 0.